The molecule has 0 aromatic rings. The molecule has 1 N–H and O–H groups in total. The van der Waals surface area contributed by atoms with Crippen LogP contribution >= 0.6 is 0 Å². The first-order chi connectivity index (χ1) is 6.43. The summed E-state index contributed by atoms with van der Waals surface area (Å²) in [7, 11) is 0. The third-order valence-electron chi connectivity index (χ3n) is 2.44. The van der Waals surface area contributed by atoms with Crippen LogP contribution in [0.1, 0.15) is 26.2 Å². The molecule has 1 fully saturated rings. The Hall–Kier alpha value is -0.120. The summed E-state index contributed by atoms with van der Waals surface area (Å²) in [6, 6.07) is 0. The zero-order valence-corrected chi connectivity index (χ0v) is 8.55. The van der Waals surface area contributed by atoms with Crippen molar-refractivity contribution in [2.45, 2.75) is 26.2 Å². The number of piperidine rings is 1. The molecule has 13 heavy (non-hydrogen) atoms. The molecule has 1 unspecified atom stereocenters. The Bertz CT molecular complexity index is 113. The fraction of sp³-hybridized carbons (Fsp3) is 1.00. The smallest absolute Gasteiger partial charge is 0.146 e. The molecular formula is C10H21NO2. The Morgan fingerprint density at radius 1 is 1.38 bits per heavy atom. The maximum atomic E-state index is 5.33. The standard InChI is InChI=1S/C10H21NO2/c1-2-12-9-13-7-5-10-4-3-6-11-8-10/h10-11H,2-9H2,1H3. The summed E-state index contributed by atoms with van der Waals surface area (Å²) in [5, 5.41) is 3.40. The number of nitrogens with one attached hydrogen (secondary N) is 1. The monoisotopic (exact) mass is 187 g/mol. The molecule has 0 spiro atoms. The lowest BCUT2D eigenvalue weighted by Crippen LogP contribution is -2.30. The lowest BCUT2D eigenvalue weighted by atomic mass is 9.97. The number of ether oxygens (including phenoxy) is 2. The molecule has 0 aromatic heterocycles. The van der Waals surface area contributed by atoms with Crippen molar-refractivity contribution in [2.75, 3.05) is 33.1 Å². The molecule has 1 aliphatic heterocycles. The lowest BCUT2D eigenvalue weighted by molar-refractivity contribution is -0.0530. The van der Waals surface area contributed by atoms with Gasteiger partial charge in [0.25, 0.3) is 0 Å². The van der Waals surface area contributed by atoms with E-state index in [2.05, 4.69) is 5.32 Å². The zero-order valence-electron chi connectivity index (χ0n) is 8.55. The summed E-state index contributed by atoms with van der Waals surface area (Å²) in [5.74, 6) is 0.815. The van der Waals surface area contributed by atoms with Crippen molar-refractivity contribution in [2.24, 2.45) is 5.92 Å². The SMILES string of the molecule is CCOCOCCC1CCCNC1. The predicted molar refractivity (Wildman–Crippen MR) is 52.7 cm³/mol. The van der Waals surface area contributed by atoms with Crippen molar-refractivity contribution < 1.29 is 9.47 Å². The first-order valence-corrected chi connectivity index (χ1v) is 5.29. The van der Waals surface area contributed by atoms with Crippen LogP contribution in [0.3, 0.4) is 0 Å². The Balaban J connectivity index is 1.86. The van der Waals surface area contributed by atoms with Crippen molar-refractivity contribution >= 4 is 0 Å². The summed E-state index contributed by atoms with van der Waals surface area (Å²) in [4.78, 5) is 0. The molecule has 1 aliphatic rings. The third kappa shape index (κ3) is 5.24. The molecule has 3 heteroatoms. The van der Waals surface area contributed by atoms with E-state index in [4.69, 9.17) is 9.47 Å². The second-order valence-electron chi connectivity index (χ2n) is 3.52. The van der Waals surface area contributed by atoms with Crippen LogP contribution in [-0.2, 0) is 9.47 Å². The van der Waals surface area contributed by atoms with Gasteiger partial charge >= 0.3 is 0 Å². The van der Waals surface area contributed by atoms with Crippen LogP contribution in [0.25, 0.3) is 0 Å². The molecule has 1 atom stereocenters. The summed E-state index contributed by atoms with van der Waals surface area (Å²) in [6.45, 7) is 6.37. The minimum absolute atomic E-state index is 0.455. The summed E-state index contributed by atoms with van der Waals surface area (Å²) in [5.41, 5.74) is 0. The highest BCUT2D eigenvalue weighted by atomic mass is 16.7. The van der Waals surface area contributed by atoms with Crippen LogP contribution in [0.15, 0.2) is 0 Å². The van der Waals surface area contributed by atoms with Crippen LogP contribution in [0.5, 0.6) is 0 Å². The fourth-order valence-corrected chi connectivity index (χ4v) is 1.62. The van der Waals surface area contributed by atoms with Gasteiger partial charge in [0.05, 0.1) is 0 Å². The third-order valence-corrected chi connectivity index (χ3v) is 2.44. The Kier molecular flexibility index (Phi) is 6.15. The van der Waals surface area contributed by atoms with Gasteiger partial charge in [0, 0.05) is 13.2 Å². The summed E-state index contributed by atoms with van der Waals surface area (Å²) >= 11 is 0. The lowest BCUT2D eigenvalue weighted by Gasteiger charge is -2.22. The molecule has 0 aliphatic carbocycles. The molecule has 1 saturated heterocycles. The normalized spacial score (nSPS) is 23.3. The highest BCUT2D eigenvalue weighted by molar-refractivity contribution is 4.68. The molecular weight excluding hydrogens is 166 g/mol. The van der Waals surface area contributed by atoms with Crippen molar-refractivity contribution in [1.29, 1.82) is 0 Å². The molecule has 0 amide bonds. The van der Waals surface area contributed by atoms with Gasteiger partial charge in [-0.15, -0.1) is 0 Å². The number of hydrogen-bond acceptors (Lipinski definition) is 3. The van der Waals surface area contributed by atoms with Crippen LogP contribution in [-0.4, -0.2) is 33.1 Å². The molecule has 0 radical (unpaired) electrons. The van der Waals surface area contributed by atoms with Crippen LogP contribution < -0.4 is 5.32 Å². The van der Waals surface area contributed by atoms with Crippen LogP contribution in [0.4, 0.5) is 0 Å². The van der Waals surface area contributed by atoms with Gasteiger partial charge in [0.1, 0.15) is 6.79 Å². The predicted octanol–water partition coefficient (Wildman–Crippen LogP) is 1.39. The van der Waals surface area contributed by atoms with E-state index in [1.54, 1.807) is 0 Å². The minimum atomic E-state index is 0.455. The first-order valence-electron chi connectivity index (χ1n) is 5.29. The largest absolute Gasteiger partial charge is 0.356 e. The average molecular weight is 187 g/mol. The van der Waals surface area contributed by atoms with E-state index in [9.17, 15) is 0 Å². The maximum absolute atomic E-state index is 5.33. The molecule has 1 heterocycles. The second kappa shape index (κ2) is 7.30. The van der Waals surface area contributed by atoms with Gasteiger partial charge in [0.15, 0.2) is 0 Å². The Labute approximate surface area is 80.8 Å². The number of rotatable bonds is 6. The average Bonchev–Trinajstić information content (AvgIpc) is 2.19. The van der Waals surface area contributed by atoms with Crippen molar-refractivity contribution in [3.8, 4) is 0 Å². The molecule has 0 saturated carbocycles. The van der Waals surface area contributed by atoms with Crippen molar-refractivity contribution in [1.82, 2.24) is 5.32 Å². The quantitative estimate of drug-likeness (QED) is 0.503. The van der Waals surface area contributed by atoms with Crippen LogP contribution in [0, 0.1) is 5.92 Å². The van der Waals surface area contributed by atoms with Gasteiger partial charge in [-0.1, -0.05) is 0 Å². The van der Waals surface area contributed by atoms with E-state index in [0.29, 0.717) is 6.79 Å². The highest BCUT2D eigenvalue weighted by Gasteiger charge is 2.11. The van der Waals surface area contributed by atoms with Crippen LogP contribution in [0.2, 0.25) is 0 Å². The highest BCUT2D eigenvalue weighted by Crippen LogP contribution is 2.13. The van der Waals surface area contributed by atoms with E-state index in [0.717, 1.165) is 25.7 Å². The van der Waals surface area contributed by atoms with Gasteiger partial charge in [-0.05, 0) is 45.2 Å². The van der Waals surface area contributed by atoms with Crippen molar-refractivity contribution in [3.05, 3.63) is 0 Å². The number of hydrogen-bond donors (Lipinski definition) is 1. The first kappa shape index (κ1) is 11.0. The molecule has 0 bridgehead atoms. The summed E-state index contributed by atoms with van der Waals surface area (Å²) < 4.78 is 10.4. The molecule has 0 aromatic carbocycles. The summed E-state index contributed by atoms with van der Waals surface area (Å²) in [6.07, 6.45) is 3.83. The van der Waals surface area contributed by atoms with Gasteiger partial charge in [-0.3, -0.25) is 0 Å². The van der Waals surface area contributed by atoms with E-state index >= 15 is 0 Å². The second-order valence-corrected chi connectivity index (χ2v) is 3.52. The fourth-order valence-electron chi connectivity index (χ4n) is 1.62. The molecule has 3 nitrogen and oxygen atoms in total. The van der Waals surface area contributed by atoms with Gasteiger partial charge in [0.2, 0.25) is 0 Å². The zero-order chi connectivity index (χ0) is 9.36. The molecule has 78 valence electrons. The van der Waals surface area contributed by atoms with E-state index in [1.807, 2.05) is 6.92 Å². The maximum Gasteiger partial charge on any atom is 0.146 e. The van der Waals surface area contributed by atoms with Gasteiger partial charge in [-0.25, -0.2) is 0 Å². The van der Waals surface area contributed by atoms with Gasteiger partial charge in [-0.2, -0.15) is 0 Å². The van der Waals surface area contributed by atoms with E-state index in [-0.39, 0.29) is 0 Å². The van der Waals surface area contributed by atoms with E-state index < -0.39 is 0 Å². The Morgan fingerprint density at radius 2 is 2.31 bits per heavy atom. The topological polar surface area (TPSA) is 30.5 Å². The molecule has 1 rings (SSSR count). The Morgan fingerprint density at radius 3 is 3.00 bits per heavy atom. The minimum Gasteiger partial charge on any atom is -0.356 e. The van der Waals surface area contributed by atoms with Crippen molar-refractivity contribution in [3.63, 3.8) is 0 Å². The van der Waals surface area contributed by atoms with Gasteiger partial charge < -0.3 is 14.8 Å². The van der Waals surface area contributed by atoms with E-state index in [1.165, 1.54) is 25.8 Å².